The molecule has 3 heteroatoms. The highest BCUT2D eigenvalue weighted by atomic mass is 32.2. The van der Waals surface area contributed by atoms with Crippen molar-refractivity contribution >= 4 is 11.8 Å². The predicted octanol–water partition coefficient (Wildman–Crippen LogP) is 2.53. The maximum atomic E-state index is 3.81. The maximum absolute atomic E-state index is 3.81. The Bertz CT molecular complexity index is 433. The summed E-state index contributed by atoms with van der Waals surface area (Å²) in [4.78, 5) is 4.19. The van der Waals surface area contributed by atoms with Crippen LogP contribution in [0.15, 0.2) is 29.2 Å². The lowest BCUT2D eigenvalue weighted by atomic mass is 10.1. The van der Waals surface area contributed by atoms with Gasteiger partial charge >= 0.3 is 0 Å². The lowest BCUT2D eigenvalue weighted by Gasteiger charge is -2.17. The number of benzene rings is 1. The molecule has 2 fully saturated rings. The molecule has 3 aliphatic rings. The normalized spacial score (nSPS) is 30.7. The van der Waals surface area contributed by atoms with Crippen molar-refractivity contribution in [2.75, 3.05) is 19.6 Å². The van der Waals surface area contributed by atoms with Crippen LogP contribution in [-0.2, 0) is 6.42 Å². The highest BCUT2D eigenvalue weighted by Crippen LogP contribution is 2.36. The van der Waals surface area contributed by atoms with E-state index < -0.39 is 0 Å². The summed E-state index contributed by atoms with van der Waals surface area (Å²) < 4.78 is 0. The summed E-state index contributed by atoms with van der Waals surface area (Å²) in [5, 5.41) is 4.55. The van der Waals surface area contributed by atoms with E-state index in [1.54, 1.807) is 5.56 Å². The minimum Gasteiger partial charge on any atom is -0.312 e. The second-order valence-electron chi connectivity index (χ2n) is 6.17. The van der Waals surface area contributed by atoms with Gasteiger partial charge in [0.05, 0.1) is 0 Å². The van der Waals surface area contributed by atoms with E-state index in [-0.39, 0.29) is 0 Å². The van der Waals surface area contributed by atoms with Gasteiger partial charge in [0.25, 0.3) is 0 Å². The molecule has 2 nitrogen and oxygen atoms in total. The molecule has 1 saturated heterocycles. The zero-order valence-electron chi connectivity index (χ0n) is 11.3. The van der Waals surface area contributed by atoms with Crippen molar-refractivity contribution in [2.24, 2.45) is 0 Å². The summed E-state index contributed by atoms with van der Waals surface area (Å²) in [5.41, 5.74) is 1.55. The Kier molecular flexibility index (Phi) is 3.30. The summed E-state index contributed by atoms with van der Waals surface area (Å²) in [5.74, 6) is 0. The van der Waals surface area contributed by atoms with E-state index in [1.165, 1.54) is 50.2 Å². The fraction of sp³-hybridized carbons (Fsp3) is 0.625. The minimum absolute atomic E-state index is 0.741. The monoisotopic (exact) mass is 274 g/mol. The van der Waals surface area contributed by atoms with Crippen LogP contribution in [0.2, 0.25) is 0 Å². The first-order chi connectivity index (χ1) is 9.38. The Morgan fingerprint density at radius 3 is 2.95 bits per heavy atom. The molecule has 2 atom stereocenters. The summed E-state index contributed by atoms with van der Waals surface area (Å²) in [6.45, 7) is 3.78. The number of fused-ring (bicyclic) bond motifs is 1. The third-order valence-electron chi connectivity index (χ3n) is 4.63. The van der Waals surface area contributed by atoms with Crippen molar-refractivity contribution in [1.29, 1.82) is 0 Å². The van der Waals surface area contributed by atoms with Gasteiger partial charge in [-0.1, -0.05) is 18.2 Å². The average molecular weight is 274 g/mol. The number of nitrogens with one attached hydrogen (secondary N) is 1. The molecule has 0 spiro atoms. The van der Waals surface area contributed by atoms with Gasteiger partial charge in [-0.05, 0) is 37.3 Å². The van der Waals surface area contributed by atoms with E-state index in [0.29, 0.717) is 0 Å². The number of nitrogens with zero attached hydrogens (tertiary/aromatic N) is 1. The van der Waals surface area contributed by atoms with E-state index >= 15 is 0 Å². The molecule has 2 aliphatic heterocycles. The van der Waals surface area contributed by atoms with Gasteiger partial charge in [-0.2, -0.15) is 0 Å². The number of thioether (sulfide) groups is 1. The molecular weight excluding hydrogens is 252 g/mol. The zero-order chi connectivity index (χ0) is 12.7. The first-order valence-electron chi connectivity index (χ1n) is 7.60. The molecule has 1 saturated carbocycles. The Morgan fingerprint density at radius 2 is 2.11 bits per heavy atom. The summed E-state index contributed by atoms with van der Waals surface area (Å²) >= 11 is 2.06. The van der Waals surface area contributed by atoms with E-state index in [0.717, 1.165) is 17.3 Å². The number of rotatable bonds is 4. The van der Waals surface area contributed by atoms with Crippen LogP contribution in [0.25, 0.3) is 0 Å². The van der Waals surface area contributed by atoms with Crippen LogP contribution in [-0.4, -0.2) is 41.9 Å². The molecule has 2 unspecified atom stereocenters. The fourth-order valence-electron chi connectivity index (χ4n) is 3.39. The minimum atomic E-state index is 0.741. The van der Waals surface area contributed by atoms with Crippen LogP contribution >= 0.6 is 11.8 Å². The van der Waals surface area contributed by atoms with Crippen molar-refractivity contribution in [3.63, 3.8) is 0 Å². The third kappa shape index (κ3) is 2.69. The summed E-state index contributed by atoms with van der Waals surface area (Å²) in [7, 11) is 0. The van der Waals surface area contributed by atoms with Crippen LogP contribution in [0.5, 0.6) is 0 Å². The lowest BCUT2D eigenvalue weighted by molar-refractivity contribution is 0.317. The van der Waals surface area contributed by atoms with Gasteiger partial charge in [-0.25, -0.2) is 0 Å². The van der Waals surface area contributed by atoms with E-state index in [2.05, 4.69) is 46.2 Å². The van der Waals surface area contributed by atoms with Crippen molar-refractivity contribution in [2.45, 2.75) is 47.9 Å². The summed E-state index contributed by atoms with van der Waals surface area (Å²) in [6, 6.07) is 10.6. The standard InChI is InChI=1S/C16H22N2S/c1-2-4-16-12(3-1)9-15(19-16)10-17-13-7-8-18(11-13)14-5-6-14/h1-4,13-15,17H,5-11H2. The van der Waals surface area contributed by atoms with Gasteiger partial charge < -0.3 is 5.32 Å². The van der Waals surface area contributed by atoms with Crippen LogP contribution in [0.4, 0.5) is 0 Å². The SMILES string of the molecule is c1ccc2c(c1)CC(CNC1CCN(C3CC3)C1)S2. The van der Waals surface area contributed by atoms with Gasteiger partial charge in [0.2, 0.25) is 0 Å². The Hall–Kier alpha value is -0.510. The van der Waals surface area contributed by atoms with Crippen LogP contribution in [0, 0.1) is 0 Å². The fourth-order valence-corrected chi connectivity index (χ4v) is 4.65. The van der Waals surface area contributed by atoms with Crippen molar-refractivity contribution in [3.8, 4) is 0 Å². The molecule has 1 N–H and O–H groups in total. The van der Waals surface area contributed by atoms with Crippen LogP contribution in [0.1, 0.15) is 24.8 Å². The second-order valence-corrected chi connectivity index (χ2v) is 7.51. The number of hydrogen-bond donors (Lipinski definition) is 1. The molecule has 1 aromatic carbocycles. The number of hydrogen-bond acceptors (Lipinski definition) is 3. The molecule has 0 amide bonds. The maximum Gasteiger partial charge on any atom is 0.0260 e. The highest BCUT2D eigenvalue weighted by molar-refractivity contribution is 8.00. The molecule has 0 radical (unpaired) electrons. The average Bonchev–Trinajstić information content (AvgIpc) is 3.03. The Labute approximate surface area is 119 Å². The molecule has 102 valence electrons. The molecule has 1 aliphatic carbocycles. The van der Waals surface area contributed by atoms with Gasteiger partial charge in [0, 0.05) is 41.9 Å². The predicted molar refractivity (Wildman–Crippen MR) is 80.8 cm³/mol. The molecule has 19 heavy (non-hydrogen) atoms. The molecule has 0 aromatic heterocycles. The molecular formula is C16H22N2S. The number of likely N-dealkylation sites (tertiary alicyclic amines) is 1. The van der Waals surface area contributed by atoms with Gasteiger partial charge in [-0.15, -0.1) is 11.8 Å². The van der Waals surface area contributed by atoms with Gasteiger partial charge in [-0.3, -0.25) is 4.90 Å². The smallest absolute Gasteiger partial charge is 0.0260 e. The zero-order valence-corrected chi connectivity index (χ0v) is 12.2. The van der Waals surface area contributed by atoms with E-state index in [1.807, 2.05) is 0 Å². The first-order valence-corrected chi connectivity index (χ1v) is 8.48. The molecule has 1 aromatic rings. The largest absolute Gasteiger partial charge is 0.312 e. The highest BCUT2D eigenvalue weighted by Gasteiger charge is 2.34. The lowest BCUT2D eigenvalue weighted by Crippen LogP contribution is -2.37. The molecule has 4 rings (SSSR count). The third-order valence-corrected chi connectivity index (χ3v) is 5.95. The molecule has 0 bridgehead atoms. The quantitative estimate of drug-likeness (QED) is 0.908. The van der Waals surface area contributed by atoms with Crippen LogP contribution in [0.3, 0.4) is 0 Å². The second kappa shape index (κ2) is 5.12. The van der Waals surface area contributed by atoms with Gasteiger partial charge in [0.15, 0.2) is 0 Å². The summed E-state index contributed by atoms with van der Waals surface area (Å²) in [6.07, 6.45) is 5.48. The van der Waals surface area contributed by atoms with Gasteiger partial charge in [0.1, 0.15) is 0 Å². The van der Waals surface area contributed by atoms with E-state index in [4.69, 9.17) is 0 Å². The van der Waals surface area contributed by atoms with Crippen molar-refractivity contribution in [3.05, 3.63) is 29.8 Å². The first kappa shape index (κ1) is 12.2. The Balaban J connectivity index is 1.26. The Morgan fingerprint density at radius 1 is 1.21 bits per heavy atom. The van der Waals surface area contributed by atoms with Crippen LogP contribution < -0.4 is 5.32 Å². The molecule has 2 heterocycles. The van der Waals surface area contributed by atoms with Crippen molar-refractivity contribution < 1.29 is 0 Å². The topological polar surface area (TPSA) is 15.3 Å². The van der Waals surface area contributed by atoms with Crippen molar-refractivity contribution in [1.82, 2.24) is 10.2 Å². The van der Waals surface area contributed by atoms with E-state index in [9.17, 15) is 0 Å².